The molecule has 0 radical (unpaired) electrons. The fourth-order valence-corrected chi connectivity index (χ4v) is 3.81. The zero-order chi connectivity index (χ0) is 14.4. The van der Waals surface area contributed by atoms with Crippen molar-refractivity contribution in [1.82, 2.24) is 0 Å². The van der Waals surface area contributed by atoms with E-state index >= 15 is 0 Å². The van der Waals surface area contributed by atoms with Crippen LogP contribution in [0, 0.1) is 18.3 Å². The van der Waals surface area contributed by atoms with Crippen molar-refractivity contribution >= 4 is 23.5 Å². The minimum absolute atomic E-state index is 0.817. The molecule has 0 aliphatic rings. The topological polar surface area (TPSA) is 23.8 Å². The van der Waals surface area contributed by atoms with E-state index in [0.717, 1.165) is 26.9 Å². The second-order valence-corrected chi connectivity index (χ2v) is 6.77. The first-order chi connectivity index (χ1) is 9.74. The average molecular weight is 299 g/mol. The lowest BCUT2D eigenvalue weighted by Gasteiger charge is -2.08. The number of rotatable bonds is 5. The molecule has 0 aliphatic heterocycles. The lowest BCUT2D eigenvalue weighted by atomic mass is 10.2. The van der Waals surface area contributed by atoms with Crippen LogP contribution < -0.4 is 0 Å². The first-order valence-electron chi connectivity index (χ1n) is 6.59. The third-order valence-electron chi connectivity index (χ3n) is 2.88. The molecule has 102 valence electrons. The van der Waals surface area contributed by atoms with Gasteiger partial charge in [-0.3, -0.25) is 0 Å². The van der Waals surface area contributed by atoms with E-state index in [1.165, 1.54) is 11.1 Å². The Morgan fingerprint density at radius 3 is 2.40 bits per heavy atom. The van der Waals surface area contributed by atoms with Gasteiger partial charge in [-0.15, -0.1) is 23.5 Å². The van der Waals surface area contributed by atoms with Crippen molar-refractivity contribution in [2.75, 3.05) is 5.75 Å². The Hall–Kier alpha value is -1.37. The molecule has 0 saturated carbocycles. The van der Waals surface area contributed by atoms with Gasteiger partial charge in [-0.1, -0.05) is 42.8 Å². The molecule has 0 amide bonds. The molecule has 20 heavy (non-hydrogen) atoms. The van der Waals surface area contributed by atoms with Crippen molar-refractivity contribution in [3.63, 3.8) is 0 Å². The summed E-state index contributed by atoms with van der Waals surface area (Å²) in [6.45, 7) is 4.21. The van der Waals surface area contributed by atoms with Gasteiger partial charge in [0.1, 0.15) is 6.07 Å². The Bertz CT molecular complexity index is 629. The molecule has 0 aromatic heterocycles. The first kappa shape index (κ1) is 15.0. The summed E-state index contributed by atoms with van der Waals surface area (Å²) in [6, 6.07) is 17.0. The summed E-state index contributed by atoms with van der Waals surface area (Å²) in [4.78, 5) is 2.16. The highest BCUT2D eigenvalue weighted by atomic mass is 32.2. The van der Waals surface area contributed by atoms with E-state index in [1.807, 2.05) is 18.2 Å². The summed E-state index contributed by atoms with van der Waals surface area (Å²) in [7, 11) is 0. The molecular weight excluding hydrogens is 282 g/mol. The second-order valence-electron chi connectivity index (χ2n) is 4.45. The molecule has 0 atom stereocenters. The molecule has 0 heterocycles. The molecule has 3 heteroatoms. The first-order valence-corrected chi connectivity index (χ1v) is 8.56. The van der Waals surface area contributed by atoms with E-state index in [2.05, 4.69) is 44.2 Å². The van der Waals surface area contributed by atoms with Crippen LogP contribution in [0.3, 0.4) is 0 Å². The van der Waals surface area contributed by atoms with E-state index in [1.54, 1.807) is 23.5 Å². The maximum Gasteiger partial charge on any atom is 0.101 e. The van der Waals surface area contributed by atoms with Gasteiger partial charge in [0.25, 0.3) is 0 Å². The van der Waals surface area contributed by atoms with Crippen molar-refractivity contribution < 1.29 is 0 Å². The van der Waals surface area contributed by atoms with Gasteiger partial charge < -0.3 is 0 Å². The summed E-state index contributed by atoms with van der Waals surface area (Å²) < 4.78 is 0. The van der Waals surface area contributed by atoms with E-state index in [-0.39, 0.29) is 0 Å². The predicted molar refractivity (Wildman–Crippen MR) is 88.3 cm³/mol. The lowest BCUT2D eigenvalue weighted by molar-refractivity contribution is 1.25. The highest BCUT2D eigenvalue weighted by molar-refractivity contribution is 7.99. The molecule has 2 aromatic carbocycles. The summed E-state index contributed by atoms with van der Waals surface area (Å²) in [5.74, 6) is 1.89. The number of aryl methyl sites for hydroxylation is 1. The van der Waals surface area contributed by atoms with E-state index in [4.69, 9.17) is 0 Å². The van der Waals surface area contributed by atoms with Gasteiger partial charge in [-0.05, 0) is 30.4 Å². The summed E-state index contributed by atoms with van der Waals surface area (Å²) in [6.07, 6.45) is 0. The summed E-state index contributed by atoms with van der Waals surface area (Å²) in [5.41, 5.74) is 3.39. The van der Waals surface area contributed by atoms with Crippen LogP contribution in [-0.2, 0) is 5.75 Å². The largest absolute Gasteiger partial charge is 0.192 e. The normalized spacial score (nSPS) is 10.2. The van der Waals surface area contributed by atoms with E-state index in [0.29, 0.717) is 0 Å². The van der Waals surface area contributed by atoms with Crippen LogP contribution >= 0.6 is 23.5 Å². The van der Waals surface area contributed by atoms with Gasteiger partial charge >= 0.3 is 0 Å². The van der Waals surface area contributed by atoms with Crippen LogP contribution in [0.4, 0.5) is 0 Å². The maximum absolute atomic E-state index is 9.39. The average Bonchev–Trinajstić information content (AvgIpc) is 2.45. The summed E-state index contributed by atoms with van der Waals surface area (Å²) >= 11 is 3.47. The van der Waals surface area contributed by atoms with Crippen molar-refractivity contribution in [3.8, 4) is 6.07 Å². The Morgan fingerprint density at radius 2 is 1.75 bits per heavy atom. The van der Waals surface area contributed by atoms with Crippen molar-refractivity contribution in [3.05, 3.63) is 59.2 Å². The molecular formula is C17H17NS2. The zero-order valence-electron chi connectivity index (χ0n) is 11.7. The Balaban J connectivity index is 2.17. The van der Waals surface area contributed by atoms with Crippen LogP contribution in [0.1, 0.15) is 23.6 Å². The van der Waals surface area contributed by atoms with Gasteiger partial charge in [0.05, 0.1) is 5.56 Å². The molecule has 0 spiro atoms. The molecule has 1 nitrogen and oxygen atoms in total. The van der Waals surface area contributed by atoms with Crippen molar-refractivity contribution in [2.45, 2.75) is 29.4 Å². The van der Waals surface area contributed by atoms with Gasteiger partial charge in [0, 0.05) is 15.5 Å². The fourth-order valence-electron chi connectivity index (χ4n) is 1.98. The van der Waals surface area contributed by atoms with Gasteiger partial charge in [-0.25, -0.2) is 0 Å². The van der Waals surface area contributed by atoms with Crippen LogP contribution in [0.15, 0.2) is 52.3 Å². The molecule has 2 rings (SSSR count). The molecule has 2 aromatic rings. The second kappa shape index (κ2) is 7.42. The monoisotopic (exact) mass is 299 g/mol. The third kappa shape index (κ3) is 3.82. The highest BCUT2D eigenvalue weighted by Crippen LogP contribution is 2.32. The maximum atomic E-state index is 9.39. The predicted octanol–water partition coefficient (Wildman–Crippen LogP) is 5.27. The fraction of sp³-hybridized carbons (Fsp3) is 0.235. The minimum atomic E-state index is 0.817. The van der Waals surface area contributed by atoms with Gasteiger partial charge in [-0.2, -0.15) is 5.26 Å². The number of nitrogens with zero attached hydrogens (tertiary/aromatic N) is 1. The van der Waals surface area contributed by atoms with Crippen molar-refractivity contribution in [2.24, 2.45) is 0 Å². The summed E-state index contributed by atoms with van der Waals surface area (Å²) in [5, 5.41) is 9.39. The Labute approximate surface area is 129 Å². The standard InChI is InChI=1S/C17H17NS2/c1-3-19-16-8-5-9-17(15(16)11-18)20-12-14-7-4-6-13(2)10-14/h4-10H,3,12H2,1-2H3. The number of thioether (sulfide) groups is 2. The molecule has 0 saturated heterocycles. The van der Waals surface area contributed by atoms with Crippen LogP contribution in [0.5, 0.6) is 0 Å². The van der Waals surface area contributed by atoms with Crippen LogP contribution in [-0.4, -0.2) is 5.75 Å². The quantitative estimate of drug-likeness (QED) is 0.703. The lowest BCUT2D eigenvalue weighted by Crippen LogP contribution is -1.88. The molecule has 0 aliphatic carbocycles. The SMILES string of the molecule is CCSc1cccc(SCc2cccc(C)c2)c1C#N. The Kier molecular flexibility index (Phi) is 5.58. The number of benzene rings is 2. The number of nitriles is 1. The van der Waals surface area contributed by atoms with Crippen LogP contribution in [0.2, 0.25) is 0 Å². The minimum Gasteiger partial charge on any atom is -0.192 e. The van der Waals surface area contributed by atoms with Crippen molar-refractivity contribution in [1.29, 1.82) is 5.26 Å². The molecule has 0 bridgehead atoms. The van der Waals surface area contributed by atoms with Gasteiger partial charge in [0.15, 0.2) is 0 Å². The Morgan fingerprint density at radius 1 is 1.05 bits per heavy atom. The third-order valence-corrected chi connectivity index (χ3v) is 4.95. The van der Waals surface area contributed by atoms with E-state index in [9.17, 15) is 5.26 Å². The number of hydrogen-bond donors (Lipinski definition) is 0. The molecule has 0 unspecified atom stereocenters. The molecule has 0 N–H and O–H groups in total. The molecule has 0 fully saturated rings. The van der Waals surface area contributed by atoms with E-state index < -0.39 is 0 Å². The zero-order valence-corrected chi connectivity index (χ0v) is 13.4. The smallest absolute Gasteiger partial charge is 0.101 e. The van der Waals surface area contributed by atoms with Gasteiger partial charge in [0.2, 0.25) is 0 Å². The van der Waals surface area contributed by atoms with Crippen LogP contribution in [0.25, 0.3) is 0 Å². The highest BCUT2D eigenvalue weighted by Gasteiger charge is 2.08. The number of hydrogen-bond acceptors (Lipinski definition) is 3.